The molecule has 0 aromatic heterocycles. The smallest absolute Gasteiger partial charge is 0.319 e. The van der Waals surface area contributed by atoms with Crippen LogP contribution >= 0.6 is 0 Å². The predicted octanol–water partition coefficient (Wildman–Crippen LogP) is 2.05. The van der Waals surface area contributed by atoms with Crippen LogP contribution in [0.2, 0.25) is 0 Å². The summed E-state index contributed by atoms with van der Waals surface area (Å²) < 4.78 is 25.9. The van der Waals surface area contributed by atoms with E-state index in [1.807, 2.05) is 0 Å². The summed E-state index contributed by atoms with van der Waals surface area (Å²) >= 11 is 0. The number of amides is 2. The molecule has 0 spiro atoms. The molecule has 0 aliphatic carbocycles. The minimum Gasteiger partial charge on any atom is -0.387 e. The van der Waals surface area contributed by atoms with E-state index in [9.17, 15) is 13.6 Å². The summed E-state index contributed by atoms with van der Waals surface area (Å²) in [4.78, 5) is 11.5. The number of hydrogen-bond donors (Lipinski definition) is 4. The number of carbonyl (C=O) groups is 1. The second-order valence-corrected chi connectivity index (χ2v) is 4.73. The van der Waals surface area contributed by atoms with Crippen molar-refractivity contribution in [3.8, 4) is 0 Å². The Kier molecular flexibility index (Phi) is 4.42. The zero-order chi connectivity index (χ0) is 14.6. The van der Waals surface area contributed by atoms with Gasteiger partial charge in [0.25, 0.3) is 0 Å². The monoisotopic (exact) mass is 270 g/mol. The highest BCUT2D eigenvalue weighted by Gasteiger charge is 2.22. The first kappa shape index (κ1) is 14.9. The predicted molar refractivity (Wildman–Crippen MR) is 69.1 cm³/mol. The Morgan fingerprint density at radius 1 is 1.42 bits per heavy atom. The third kappa shape index (κ3) is 4.20. The molecule has 0 unspecified atom stereocenters. The maximum Gasteiger partial charge on any atom is 0.319 e. The molecule has 2 amide bonds. The average Bonchev–Trinajstić information content (AvgIpc) is 2.30. The second-order valence-electron chi connectivity index (χ2n) is 4.73. The summed E-state index contributed by atoms with van der Waals surface area (Å²) in [5, 5.41) is 12.0. The molecule has 1 aromatic rings. The third-order valence-electron chi connectivity index (χ3n) is 2.60. The number of amidine groups is 1. The van der Waals surface area contributed by atoms with Crippen molar-refractivity contribution in [3.05, 3.63) is 29.8 Å². The van der Waals surface area contributed by atoms with Crippen LogP contribution < -0.4 is 16.4 Å². The molecular weight excluding hydrogens is 254 g/mol. The SMILES string of the molecule is CC(C)(CNC(=O)Nc1ccc(F)cc1F)C(=N)N. The fourth-order valence-electron chi connectivity index (χ4n) is 1.15. The Balaban J connectivity index is 2.59. The first-order valence-electron chi connectivity index (χ1n) is 5.57. The van der Waals surface area contributed by atoms with Crippen LogP contribution in [0, 0.1) is 22.5 Å². The van der Waals surface area contributed by atoms with Gasteiger partial charge in [0.05, 0.1) is 11.5 Å². The molecular formula is C12H16F2N4O. The Hall–Kier alpha value is -2.18. The molecule has 0 saturated carbocycles. The molecule has 0 aliphatic heterocycles. The fourth-order valence-corrected chi connectivity index (χ4v) is 1.15. The molecule has 0 aliphatic rings. The lowest BCUT2D eigenvalue weighted by Crippen LogP contribution is -2.43. The molecule has 5 nitrogen and oxygen atoms in total. The highest BCUT2D eigenvalue weighted by atomic mass is 19.1. The number of anilines is 1. The highest BCUT2D eigenvalue weighted by molar-refractivity contribution is 5.90. The molecule has 7 heteroatoms. The molecule has 0 fully saturated rings. The Bertz CT molecular complexity index is 503. The molecule has 0 saturated heterocycles. The van der Waals surface area contributed by atoms with Gasteiger partial charge in [0.15, 0.2) is 0 Å². The van der Waals surface area contributed by atoms with Crippen LogP contribution in [-0.2, 0) is 0 Å². The summed E-state index contributed by atoms with van der Waals surface area (Å²) in [6.45, 7) is 3.50. The van der Waals surface area contributed by atoms with E-state index in [4.69, 9.17) is 11.1 Å². The van der Waals surface area contributed by atoms with Crippen molar-refractivity contribution in [2.45, 2.75) is 13.8 Å². The molecule has 0 radical (unpaired) electrons. The lowest BCUT2D eigenvalue weighted by atomic mass is 9.92. The van der Waals surface area contributed by atoms with Crippen molar-refractivity contribution in [1.29, 1.82) is 5.41 Å². The molecule has 5 N–H and O–H groups in total. The van der Waals surface area contributed by atoms with Crippen LogP contribution in [0.4, 0.5) is 19.3 Å². The number of nitrogens with one attached hydrogen (secondary N) is 3. The van der Waals surface area contributed by atoms with Crippen molar-refractivity contribution in [1.82, 2.24) is 5.32 Å². The maximum atomic E-state index is 13.3. The number of hydrogen-bond acceptors (Lipinski definition) is 2. The van der Waals surface area contributed by atoms with Gasteiger partial charge in [0.1, 0.15) is 11.6 Å². The highest BCUT2D eigenvalue weighted by Crippen LogP contribution is 2.15. The standard InChI is InChI=1S/C12H16F2N4O/c1-12(2,10(15)16)6-17-11(19)18-9-4-3-7(13)5-8(9)14/h3-5H,6H2,1-2H3,(H3,15,16)(H2,17,18,19). The average molecular weight is 270 g/mol. The molecule has 0 bridgehead atoms. The van der Waals surface area contributed by atoms with Crippen molar-refractivity contribution in [2.75, 3.05) is 11.9 Å². The van der Waals surface area contributed by atoms with Crippen molar-refractivity contribution < 1.29 is 13.6 Å². The van der Waals surface area contributed by atoms with Crippen LogP contribution in [0.5, 0.6) is 0 Å². The molecule has 19 heavy (non-hydrogen) atoms. The lowest BCUT2D eigenvalue weighted by Gasteiger charge is -2.23. The minimum atomic E-state index is -0.860. The molecule has 0 atom stereocenters. The van der Waals surface area contributed by atoms with Gasteiger partial charge in [-0.3, -0.25) is 5.41 Å². The summed E-state index contributed by atoms with van der Waals surface area (Å²) in [6.07, 6.45) is 0. The fraction of sp³-hybridized carbons (Fsp3) is 0.333. The number of nitrogens with two attached hydrogens (primary N) is 1. The number of carbonyl (C=O) groups excluding carboxylic acids is 1. The van der Waals surface area contributed by atoms with Gasteiger partial charge in [-0.25, -0.2) is 13.6 Å². The van der Waals surface area contributed by atoms with Gasteiger partial charge in [-0.1, -0.05) is 13.8 Å². The topological polar surface area (TPSA) is 91.0 Å². The maximum absolute atomic E-state index is 13.3. The zero-order valence-corrected chi connectivity index (χ0v) is 10.7. The molecule has 0 heterocycles. The van der Waals surface area contributed by atoms with Crippen molar-refractivity contribution >= 4 is 17.6 Å². The molecule has 1 aromatic carbocycles. The number of benzene rings is 1. The van der Waals surface area contributed by atoms with Gasteiger partial charge in [-0.15, -0.1) is 0 Å². The number of halogens is 2. The van der Waals surface area contributed by atoms with Crippen molar-refractivity contribution in [2.24, 2.45) is 11.1 Å². The second kappa shape index (κ2) is 5.64. The van der Waals surface area contributed by atoms with Gasteiger partial charge in [-0.05, 0) is 12.1 Å². The van der Waals surface area contributed by atoms with E-state index < -0.39 is 23.1 Å². The van der Waals surface area contributed by atoms with Gasteiger partial charge in [-0.2, -0.15) is 0 Å². The van der Waals surface area contributed by atoms with E-state index in [1.165, 1.54) is 0 Å². The largest absolute Gasteiger partial charge is 0.387 e. The van der Waals surface area contributed by atoms with Gasteiger partial charge >= 0.3 is 6.03 Å². The van der Waals surface area contributed by atoms with Crippen molar-refractivity contribution in [3.63, 3.8) is 0 Å². The number of rotatable bonds is 4. The third-order valence-corrected chi connectivity index (χ3v) is 2.60. The van der Waals surface area contributed by atoms with E-state index in [0.717, 1.165) is 12.1 Å². The van der Waals surface area contributed by atoms with Gasteiger partial charge in [0, 0.05) is 18.0 Å². The van der Waals surface area contributed by atoms with E-state index in [1.54, 1.807) is 13.8 Å². The van der Waals surface area contributed by atoms with E-state index in [2.05, 4.69) is 10.6 Å². The first-order chi connectivity index (χ1) is 8.72. The Morgan fingerprint density at radius 2 is 2.05 bits per heavy atom. The summed E-state index contributed by atoms with van der Waals surface area (Å²) in [5.41, 5.74) is 4.54. The lowest BCUT2D eigenvalue weighted by molar-refractivity contribution is 0.249. The van der Waals surface area contributed by atoms with Crippen LogP contribution in [-0.4, -0.2) is 18.4 Å². The Labute approximate surface area is 109 Å². The van der Waals surface area contributed by atoms with Crippen LogP contribution in [0.15, 0.2) is 18.2 Å². The first-order valence-corrected chi connectivity index (χ1v) is 5.57. The van der Waals surface area contributed by atoms with Crippen LogP contribution in [0.1, 0.15) is 13.8 Å². The van der Waals surface area contributed by atoms with Crippen LogP contribution in [0.25, 0.3) is 0 Å². The summed E-state index contributed by atoms with van der Waals surface area (Å²) in [6, 6.07) is 2.19. The molecule has 104 valence electrons. The number of urea groups is 1. The van der Waals surface area contributed by atoms with Gasteiger partial charge in [0.2, 0.25) is 0 Å². The quantitative estimate of drug-likeness (QED) is 0.498. The van der Waals surface area contributed by atoms with Gasteiger partial charge < -0.3 is 16.4 Å². The summed E-state index contributed by atoms with van der Waals surface area (Å²) in [7, 11) is 0. The minimum absolute atomic E-state index is 0.0687. The normalized spacial score (nSPS) is 10.9. The van der Waals surface area contributed by atoms with E-state index in [-0.39, 0.29) is 18.1 Å². The van der Waals surface area contributed by atoms with E-state index in [0.29, 0.717) is 6.07 Å². The molecule has 1 rings (SSSR count). The Morgan fingerprint density at radius 3 is 2.58 bits per heavy atom. The zero-order valence-electron chi connectivity index (χ0n) is 10.7. The summed E-state index contributed by atoms with van der Waals surface area (Å²) in [5.74, 6) is -1.65. The van der Waals surface area contributed by atoms with Crippen LogP contribution in [0.3, 0.4) is 0 Å². The van der Waals surface area contributed by atoms with E-state index >= 15 is 0 Å².